The van der Waals surface area contributed by atoms with E-state index >= 15 is 0 Å². The van der Waals surface area contributed by atoms with Gasteiger partial charge in [0, 0.05) is 8.95 Å². The van der Waals surface area contributed by atoms with E-state index in [0.717, 1.165) is 8.95 Å². The second kappa shape index (κ2) is 7.88. The van der Waals surface area contributed by atoms with Crippen LogP contribution in [0.4, 0.5) is 0 Å². The first-order valence-corrected chi connectivity index (χ1v) is 12.2. The van der Waals surface area contributed by atoms with Gasteiger partial charge in [0.2, 0.25) is 0 Å². The molecule has 0 fully saturated rings. The van der Waals surface area contributed by atoms with Crippen molar-refractivity contribution in [1.29, 1.82) is 0 Å². The number of hydrogen-bond acceptors (Lipinski definition) is 0. The highest BCUT2D eigenvalue weighted by Crippen LogP contribution is 2.44. The SMILES string of the molecule is Brc1cccc(-c2c3ccccc3c(-c3ccc4cc(Br)ccc4c3)c3ccccc23)c1. The van der Waals surface area contributed by atoms with E-state index in [1.807, 2.05) is 0 Å². The van der Waals surface area contributed by atoms with Crippen LogP contribution in [-0.2, 0) is 0 Å². The zero-order valence-electron chi connectivity index (χ0n) is 17.1. The molecular formula is C30H18Br2. The van der Waals surface area contributed by atoms with Crippen molar-refractivity contribution < 1.29 is 0 Å². The molecule has 0 aliphatic carbocycles. The van der Waals surface area contributed by atoms with Gasteiger partial charge < -0.3 is 0 Å². The second-order valence-corrected chi connectivity index (χ2v) is 9.89. The Hall–Kier alpha value is -2.94. The molecule has 0 bridgehead atoms. The topological polar surface area (TPSA) is 0 Å². The monoisotopic (exact) mass is 536 g/mol. The summed E-state index contributed by atoms with van der Waals surface area (Å²) < 4.78 is 2.19. The fourth-order valence-electron chi connectivity index (χ4n) is 4.77. The minimum Gasteiger partial charge on any atom is -0.0616 e. The summed E-state index contributed by atoms with van der Waals surface area (Å²) in [6, 6.07) is 39.4. The molecular weight excluding hydrogens is 520 g/mol. The van der Waals surface area contributed by atoms with E-state index in [-0.39, 0.29) is 0 Å². The van der Waals surface area contributed by atoms with Gasteiger partial charge in [-0.1, -0.05) is 111 Å². The summed E-state index contributed by atoms with van der Waals surface area (Å²) in [5, 5.41) is 7.58. The van der Waals surface area contributed by atoms with Crippen molar-refractivity contribution in [3.63, 3.8) is 0 Å². The minimum atomic E-state index is 1.09. The molecule has 152 valence electrons. The predicted molar refractivity (Wildman–Crippen MR) is 145 cm³/mol. The van der Waals surface area contributed by atoms with Crippen LogP contribution < -0.4 is 0 Å². The number of halogens is 2. The minimum absolute atomic E-state index is 1.09. The highest BCUT2D eigenvalue weighted by molar-refractivity contribution is 9.10. The highest BCUT2D eigenvalue weighted by atomic mass is 79.9. The Balaban J connectivity index is 1.75. The third-order valence-electron chi connectivity index (χ3n) is 6.14. The summed E-state index contributed by atoms with van der Waals surface area (Å²) in [6.45, 7) is 0. The molecule has 0 aliphatic heterocycles. The lowest BCUT2D eigenvalue weighted by atomic mass is 9.85. The lowest BCUT2D eigenvalue weighted by molar-refractivity contribution is 1.63. The fourth-order valence-corrected chi connectivity index (χ4v) is 5.54. The zero-order valence-corrected chi connectivity index (χ0v) is 20.3. The van der Waals surface area contributed by atoms with Gasteiger partial charge in [-0.05, 0) is 84.9 Å². The molecule has 2 heteroatoms. The van der Waals surface area contributed by atoms with Crippen LogP contribution in [0, 0.1) is 0 Å². The van der Waals surface area contributed by atoms with Crippen molar-refractivity contribution in [3.05, 3.63) is 118 Å². The molecule has 0 saturated heterocycles. The quantitative estimate of drug-likeness (QED) is 0.193. The zero-order chi connectivity index (χ0) is 21.7. The van der Waals surface area contributed by atoms with Crippen LogP contribution in [-0.4, -0.2) is 0 Å². The first kappa shape index (κ1) is 19.7. The van der Waals surface area contributed by atoms with Gasteiger partial charge in [0.1, 0.15) is 0 Å². The summed E-state index contributed by atoms with van der Waals surface area (Å²) in [5.74, 6) is 0. The summed E-state index contributed by atoms with van der Waals surface area (Å²) >= 11 is 7.26. The van der Waals surface area contributed by atoms with Gasteiger partial charge >= 0.3 is 0 Å². The molecule has 6 rings (SSSR count). The van der Waals surface area contributed by atoms with Gasteiger partial charge in [0.05, 0.1) is 0 Å². The first-order chi connectivity index (χ1) is 15.7. The highest BCUT2D eigenvalue weighted by Gasteiger charge is 2.16. The molecule has 0 atom stereocenters. The Morgan fingerprint density at radius 3 is 1.47 bits per heavy atom. The van der Waals surface area contributed by atoms with Crippen LogP contribution in [0.2, 0.25) is 0 Å². The third-order valence-corrected chi connectivity index (χ3v) is 7.12. The van der Waals surface area contributed by atoms with Crippen LogP contribution in [0.15, 0.2) is 118 Å². The maximum Gasteiger partial charge on any atom is 0.0181 e. The van der Waals surface area contributed by atoms with Gasteiger partial charge in [0.15, 0.2) is 0 Å². The summed E-state index contributed by atoms with van der Waals surface area (Å²) in [5.41, 5.74) is 5.04. The maximum absolute atomic E-state index is 3.66. The number of benzene rings is 6. The molecule has 0 spiro atoms. The molecule has 0 unspecified atom stereocenters. The maximum atomic E-state index is 3.66. The van der Waals surface area contributed by atoms with Crippen LogP contribution in [0.1, 0.15) is 0 Å². The second-order valence-electron chi connectivity index (χ2n) is 8.06. The van der Waals surface area contributed by atoms with E-state index in [1.165, 1.54) is 54.6 Å². The van der Waals surface area contributed by atoms with Crippen LogP contribution in [0.5, 0.6) is 0 Å². The first-order valence-electron chi connectivity index (χ1n) is 10.6. The Labute approximate surface area is 203 Å². The van der Waals surface area contributed by atoms with Crippen LogP contribution >= 0.6 is 31.9 Å². The number of rotatable bonds is 2. The average Bonchev–Trinajstić information content (AvgIpc) is 2.82. The lowest BCUT2D eigenvalue weighted by Crippen LogP contribution is -1.91. The molecule has 6 aromatic carbocycles. The van der Waals surface area contributed by atoms with Gasteiger partial charge in [0.25, 0.3) is 0 Å². The summed E-state index contributed by atoms with van der Waals surface area (Å²) in [4.78, 5) is 0. The molecule has 0 amide bonds. The third kappa shape index (κ3) is 3.26. The molecule has 0 aliphatic rings. The molecule has 0 heterocycles. The van der Waals surface area contributed by atoms with Gasteiger partial charge in [-0.25, -0.2) is 0 Å². The van der Waals surface area contributed by atoms with E-state index in [2.05, 4.69) is 141 Å². The lowest BCUT2D eigenvalue weighted by Gasteiger charge is -2.18. The van der Waals surface area contributed by atoms with Crippen molar-refractivity contribution in [2.75, 3.05) is 0 Å². The van der Waals surface area contributed by atoms with Crippen molar-refractivity contribution in [1.82, 2.24) is 0 Å². The Kier molecular flexibility index (Phi) is 4.86. The fraction of sp³-hybridized carbons (Fsp3) is 0. The van der Waals surface area contributed by atoms with Crippen molar-refractivity contribution in [2.45, 2.75) is 0 Å². The molecule has 6 aromatic rings. The summed E-state index contributed by atoms with van der Waals surface area (Å²) in [7, 11) is 0. The molecule has 0 nitrogen and oxygen atoms in total. The van der Waals surface area contributed by atoms with Crippen molar-refractivity contribution >= 4 is 64.2 Å². The number of fused-ring (bicyclic) bond motifs is 3. The van der Waals surface area contributed by atoms with E-state index in [4.69, 9.17) is 0 Å². The van der Waals surface area contributed by atoms with E-state index in [0.29, 0.717) is 0 Å². The molecule has 0 aromatic heterocycles. The van der Waals surface area contributed by atoms with Crippen LogP contribution in [0.25, 0.3) is 54.6 Å². The van der Waals surface area contributed by atoms with Gasteiger partial charge in [-0.3, -0.25) is 0 Å². The van der Waals surface area contributed by atoms with Crippen molar-refractivity contribution in [3.8, 4) is 22.3 Å². The standard InChI is InChI=1S/C30H18Br2/c31-23-7-5-6-21(18-23)29-25-8-1-3-10-27(25)30(28-11-4-2-9-26(28)29)22-13-12-20-17-24(32)15-14-19(20)16-22/h1-18H. The normalized spacial score (nSPS) is 11.4. The molecule has 0 radical (unpaired) electrons. The molecule has 0 saturated carbocycles. The van der Waals surface area contributed by atoms with Crippen molar-refractivity contribution in [2.24, 2.45) is 0 Å². The van der Waals surface area contributed by atoms with E-state index in [9.17, 15) is 0 Å². The average molecular weight is 538 g/mol. The Morgan fingerprint density at radius 1 is 0.375 bits per heavy atom. The van der Waals surface area contributed by atoms with Gasteiger partial charge in [-0.2, -0.15) is 0 Å². The molecule has 32 heavy (non-hydrogen) atoms. The predicted octanol–water partition coefficient (Wildman–Crippen LogP) is 10.0. The molecule has 0 N–H and O–H groups in total. The largest absolute Gasteiger partial charge is 0.0616 e. The van der Waals surface area contributed by atoms with E-state index < -0.39 is 0 Å². The Bertz CT molecular complexity index is 1590. The Morgan fingerprint density at radius 2 is 0.875 bits per heavy atom. The van der Waals surface area contributed by atoms with Crippen LogP contribution in [0.3, 0.4) is 0 Å². The van der Waals surface area contributed by atoms with E-state index in [1.54, 1.807) is 0 Å². The number of hydrogen-bond donors (Lipinski definition) is 0. The smallest absolute Gasteiger partial charge is 0.0181 e. The summed E-state index contributed by atoms with van der Waals surface area (Å²) in [6.07, 6.45) is 0. The van der Waals surface area contributed by atoms with Gasteiger partial charge in [-0.15, -0.1) is 0 Å².